The monoisotopic (exact) mass is 325 g/mol. The van der Waals surface area contributed by atoms with Gasteiger partial charge in [-0.1, -0.05) is 29.8 Å². The molecule has 1 aromatic heterocycles. The maximum atomic E-state index is 12.0. The van der Waals surface area contributed by atoms with Gasteiger partial charge in [0.1, 0.15) is 5.58 Å². The van der Waals surface area contributed by atoms with Crippen molar-refractivity contribution < 1.29 is 14.0 Å². The topological polar surface area (TPSA) is 51.5 Å². The molecule has 2 rings (SSSR count). The predicted octanol–water partition coefficient (Wildman–Crippen LogP) is 3.82. The summed E-state index contributed by atoms with van der Waals surface area (Å²) in [7, 11) is 0. The first kappa shape index (κ1) is 14.1. The summed E-state index contributed by atoms with van der Waals surface area (Å²) in [5, 5.41) is 0.920. The number of benzene rings is 1. The van der Waals surface area contributed by atoms with E-state index in [1.54, 1.807) is 0 Å². The van der Waals surface area contributed by atoms with E-state index in [0.717, 1.165) is 15.4 Å². The summed E-state index contributed by atoms with van der Waals surface area (Å²) in [4.78, 5) is 17.1. The van der Waals surface area contributed by atoms with Crippen molar-refractivity contribution in [2.75, 3.05) is 6.61 Å². The first-order valence-corrected chi connectivity index (χ1v) is 6.89. The standard InChI is InChI=1S/C14H16BrNO3/c1-8(2)7-18-16-14(17)13-9(3)11-6-10(15)4-5-12(11)19-13/h4-6,8H,7H2,1-3H3,(H,16,17). The minimum Gasteiger partial charge on any atom is -0.451 e. The Bertz CT molecular complexity index is 604. The first-order valence-electron chi connectivity index (χ1n) is 6.10. The van der Waals surface area contributed by atoms with Crippen LogP contribution in [0.3, 0.4) is 0 Å². The highest BCUT2D eigenvalue weighted by Gasteiger charge is 2.17. The highest BCUT2D eigenvalue weighted by atomic mass is 79.9. The molecule has 0 saturated heterocycles. The minimum atomic E-state index is -0.356. The van der Waals surface area contributed by atoms with Crippen molar-refractivity contribution in [2.45, 2.75) is 20.8 Å². The third-order valence-electron chi connectivity index (χ3n) is 2.69. The number of carbonyl (C=O) groups excluding carboxylic acids is 1. The number of rotatable bonds is 4. The van der Waals surface area contributed by atoms with Gasteiger partial charge < -0.3 is 4.42 Å². The van der Waals surface area contributed by atoms with Crippen molar-refractivity contribution in [3.05, 3.63) is 34.0 Å². The molecule has 102 valence electrons. The third-order valence-corrected chi connectivity index (χ3v) is 3.18. The molecule has 19 heavy (non-hydrogen) atoms. The highest BCUT2D eigenvalue weighted by Crippen LogP contribution is 2.27. The van der Waals surface area contributed by atoms with Crippen LogP contribution in [0.15, 0.2) is 27.1 Å². The van der Waals surface area contributed by atoms with Crippen LogP contribution in [0.4, 0.5) is 0 Å². The van der Waals surface area contributed by atoms with Crippen LogP contribution < -0.4 is 5.48 Å². The van der Waals surface area contributed by atoms with E-state index >= 15 is 0 Å². The SMILES string of the molecule is Cc1c(C(=O)NOCC(C)C)oc2ccc(Br)cc12. The van der Waals surface area contributed by atoms with E-state index in [1.165, 1.54) is 0 Å². The lowest BCUT2D eigenvalue weighted by Crippen LogP contribution is -2.25. The predicted molar refractivity (Wildman–Crippen MR) is 76.9 cm³/mol. The van der Waals surface area contributed by atoms with Crippen LogP contribution in [-0.4, -0.2) is 12.5 Å². The molecule has 0 unspecified atom stereocenters. The first-order chi connectivity index (χ1) is 8.99. The Morgan fingerprint density at radius 2 is 2.21 bits per heavy atom. The number of carbonyl (C=O) groups is 1. The minimum absolute atomic E-state index is 0.289. The smallest absolute Gasteiger partial charge is 0.310 e. The maximum Gasteiger partial charge on any atom is 0.310 e. The fourth-order valence-corrected chi connectivity index (χ4v) is 2.09. The Hall–Kier alpha value is -1.33. The van der Waals surface area contributed by atoms with Crippen LogP contribution in [0, 0.1) is 12.8 Å². The van der Waals surface area contributed by atoms with Gasteiger partial charge in [-0.2, -0.15) is 0 Å². The second-order valence-corrected chi connectivity index (χ2v) is 5.75. The number of amides is 1. The zero-order valence-electron chi connectivity index (χ0n) is 11.1. The Morgan fingerprint density at radius 1 is 1.47 bits per heavy atom. The van der Waals surface area contributed by atoms with Crippen molar-refractivity contribution >= 4 is 32.8 Å². The molecule has 1 amide bonds. The molecule has 0 aliphatic heterocycles. The second-order valence-electron chi connectivity index (χ2n) is 4.83. The average molecular weight is 326 g/mol. The summed E-state index contributed by atoms with van der Waals surface area (Å²) < 4.78 is 6.51. The van der Waals surface area contributed by atoms with E-state index in [-0.39, 0.29) is 11.7 Å². The Balaban J connectivity index is 2.20. The summed E-state index contributed by atoms with van der Waals surface area (Å²) in [6.07, 6.45) is 0. The molecule has 0 bridgehead atoms. The second kappa shape index (κ2) is 5.75. The molecule has 0 aliphatic rings. The Kier molecular flexibility index (Phi) is 4.27. The van der Waals surface area contributed by atoms with Crippen LogP contribution in [0.5, 0.6) is 0 Å². The highest BCUT2D eigenvalue weighted by molar-refractivity contribution is 9.10. The summed E-state index contributed by atoms with van der Waals surface area (Å²) >= 11 is 3.40. The van der Waals surface area contributed by atoms with Crippen molar-refractivity contribution in [1.29, 1.82) is 0 Å². The van der Waals surface area contributed by atoms with Gasteiger partial charge in [0, 0.05) is 15.4 Å². The average Bonchev–Trinajstić information content (AvgIpc) is 2.66. The molecular weight excluding hydrogens is 310 g/mol. The lowest BCUT2D eigenvalue weighted by Gasteiger charge is -2.06. The van der Waals surface area contributed by atoms with E-state index in [1.807, 2.05) is 39.0 Å². The molecular formula is C14H16BrNO3. The van der Waals surface area contributed by atoms with Gasteiger partial charge in [0.25, 0.3) is 0 Å². The quantitative estimate of drug-likeness (QED) is 0.869. The van der Waals surface area contributed by atoms with E-state index in [9.17, 15) is 4.79 Å². The van der Waals surface area contributed by atoms with E-state index in [4.69, 9.17) is 9.25 Å². The van der Waals surface area contributed by atoms with Gasteiger partial charge in [-0.05, 0) is 31.0 Å². The molecule has 1 N–H and O–H groups in total. The zero-order valence-corrected chi connectivity index (χ0v) is 12.7. The molecule has 5 heteroatoms. The van der Waals surface area contributed by atoms with Gasteiger partial charge in [-0.25, -0.2) is 5.48 Å². The van der Waals surface area contributed by atoms with Gasteiger partial charge in [-0.15, -0.1) is 0 Å². The normalized spacial score (nSPS) is 11.2. The molecule has 2 aromatic rings. The molecule has 4 nitrogen and oxygen atoms in total. The van der Waals surface area contributed by atoms with Crippen molar-refractivity contribution in [2.24, 2.45) is 5.92 Å². The van der Waals surface area contributed by atoms with Gasteiger partial charge in [0.15, 0.2) is 5.76 Å². The molecule has 0 atom stereocenters. The van der Waals surface area contributed by atoms with Crippen LogP contribution in [0.25, 0.3) is 11.0 Å². The van der Waals surface area contributed by atoms with Gasteiger partial charge in [0.2, 0.25) is 0 Å². The van der Waals surface area contributed by atoms with E-state index < -0.39 is 0 Å². The van der Waals surface area contributed by atoms with Crippen LogP contribution in [-0.2, 0) is 4.84 Å². The molecule has 0 fully saturated rings. The van der Waals surface area contributed by atoms with Crippen LogP contribution in [0.2, 0.25) is 0 Å². The summed E-state index contributed by atoms with van der Waals surface area (Å²) in [6.45, 7) is 6.35. The summed E-state index contributed by atoms with van der Waals surface area (Å²) in [6, 6.07) is 5.64. The molecule has 1 aromatic carbocycles. The third kappa shape index (κ3) is 3.16. The van der Waals surface area contributed by atoms with Gasteiger partial charge in [-0.3, -0.25) is 9.63 Å². The van der Waals surface area contributed by atoms with E-state index in [2.05, 4.69) is 21.4 Å². The number of halogens is 1. The lowest BCUT2D eigenvalue weighted by molar-refractivity contribution is 0.0189. The molecule has 0 radical (unpaired) electrons. The van der Waals surface area contributed by atoms with Gasteiger partial charge >= 0.3 is 5.91 Å². The number of hydroxylamine groups is 1. The Labute approximate surface area is 120 Å². The van der Waals surface area contributed by atoms with Crippen molar-refractivity contribution in [3.63, 3.8) is 0 Å². The van der Waals surface area contributed by atoms with Crippen molar-refractivity contribution in [1.82, 2.24) is 5.48 Å². The van der Waals surface area contributed by atoms with Crippen LogP contribution in [0.1, 0.15) is 30.0 Å². The van der Waals surface area contributed by atoms with Crippen LogP contribution >= 0.6 is 15.9 Å². The lowest BCUT2D eigenvalue weighted by atomic mass is 10.1. The fourth-order valence-electron chi connectivity index (χ4n) is 1.73. The Morgan fingerprint density at radius 3 is 2.89 bits per heavy atom. The molecule has 0 spiro atoms. The zero-order chi connectivity index (χ0) is 14.0. The number of furan rings is 1. The molecule has 1 heterocycles. The van der Waals surface area contributed by atoms with E-state index in [0.29, 0.717) is 18.1 Å². The maximum absolute atomic E-state index is 12.0. The molecule has 0 aliphatic carbocycles. The number of hydrogen-bond donors (Lipinski definition) is 1. The number of fused-ring (bicyclic) bond motifs is 1. The largest absolute Gasteiger partial charge is 0.451 e. The number of nitrogens with one attached hydrogen (secondary N) is 1. The summed E-state index contributed by atoms with van der Waals surface area (Å²) in [5.41, 5.74) is 3.90. The fraction of sp³-hybridized carbons (Fsp3) is 0.357. The summed E-state index contributed by atoms with van der Waals surface area (Å²) in [5.74, 6) is 0.287. The van der Waals surface area contributed by atoms with Gasteiger partial charge in [0.05, 0.1) is 6.61 Å². The molecule has 0 saturated carbocycles. The van der Waals surface area contributed by atoms with Crippen molar-refractivity contribution in [3.8, 4) is 0 Å². The number of aryl methyl sites for hydroxylation is 1. The number of hydrogen-bond acceptors (Lipinski definition) is 3.